The molecule has 20 heavy (non-hydrogen) atoms. The molecule has 0 heterocycles. The van der Waals surface area contributed by atoms with E-state index in [2.05, 4.69) is 0 Å². The summed E-state index contributed by atoms with van der Waals surface area (Å²) in [6.45, 7) is 5.76. The summed E-state index contributed by atoms with van der Waals surface area (Å²) in [5.41, 5.74) is 0.0402. The standard InChI is InChI=1S/C13H13F3O2.C2H6/c1-3-9(6-7-17)11-8-10(13(14,15)16)4-5-12(11)18-2;1-2/h4-8H,3H2,1-2H3;1-2H3/b9-6-;. The number of carbonyl (C=O) groups is 1. The highest BCUT2D eigenvalue weighted by Gasteiger charge is 2.31. The van der Waals surface area contributed by atoms with Crippen molar-refractivity contribution >= 4 is 11.9 Å². The maximum absolute atomic E-state index is 12.6. The molecule has 0 N–H and O–H groups in total. The Morgan fingerprint density at radius 1 is 1.30 bits per heavy atom. The normalized spacial score (nSPS) is 11.4. The van der Waals surface area contributed by atoms with E-state index >= 15 is 0 Å². The SMILES string of the molecule is CC.CC/C(=C/C=O)c1cc(C(F)(F)F)ccc1OC. The third-order valence-corrected chi connectivity index (χ3v) is 2.52. The fourth-order valence-electron chi connectivity index (χ4n) is 1.62. The maximum Gasteiger partial charge on any atom is 0.416 e. The first-order chi connectivity index (χ1) is 9.43. The smallest absolute Gasteiger partial charge is 0.416 e. The van der Waals surface area contributed by atoms with Gasteiger partial charge in [-0.2, -0.15) is 13.2 Å². The van der Waals surface area contributed by atoms with E-state index in [-0.39, 0.29) is 0 Å². The van der Waals surface area contributed by atoms with Crippen molar-refractivity contribution in [2.75, 3.05) is 7.11 Å². The third kappa shape index (κ3) is 4.72. The van der Waals surface area contributed by atoms with E-state index in [0.29, 0.717) is 29.6 Å². The zero-order valence-electron chi connectivity index (χ0n) is 12.0. The van der Waals surface area contributed by atoms with Crippen molar-refractivity contribution in [3.8, 4) is 5.75 Å². The van der Waals surface area contributed by atoms with Gasteiger partial charge in [-0.25, -0.2) is 0 Å². The molecule has 0 spiro atoms. The lowest BCUT2D eigenvalue weighted by Crippen LogP contribution is -2.06. The number of ether oxygens (including phenoxy) is 1. The molecule has 0 amide bonds. The van der Waals surface area contributed by atoms with Crippen LogP contribution in [0.3, 0.4) is 0 Å². The molecular weight excluding hydrogens is 269 g/mol. The van der Waals surface area contributed by atoms with Crippen LogP contribution in [-0.4, -0.2) is 13.4 Å². The molecular formula is C15H19F3O2. The molecule has 0 fully saturated rings. The van der Waals surface area contributed by atoms with Crippen LogP contribution in [0.15, 0.2) is 24.3 Å². The Labute approximate surface area is 117 Å². The summed E-state index contributed by atoms with van der Waals surface area (Å²) in [5.74, 6) is 0.318. The Morgan fingerprint density at radius 3 is 2.30 bits per heavy atom. The predicted octanol–water partition coefficient (Wildman–Crippen LogP) is 4.73. The highest BCUT2D eigenvalue weighted by atomic mass is 19.4. The van der Waals surface area contributed by atoms with Crippen molar-refractivity contribution in [3.63, 3.8) is 0 Å². The summed E-state index contributed by atoms with van der Waals surface area (Å²) in [6, 6.07) is 3.21. The molecule has 1 rings (SSSR count). The topological polar surface area (TPSA) is 26.3 Å². The molecule has 1 aromatic carbocycles. The summed E-state index contributed by atoms with van der Waals surface area (Å²) in [7, 11) is 1.38. The van der Waals surface area contributed by atoms with Crippen LogP contribution in [-0.2, 0) is 11.0 Å². The summed E-state index contributed by atoms with van der Waals surface area (Å²) in [4.78, 5) is 10.5. The molecule has 112 valence electrons. The molecule has 0 aromatic heterocycles. The fraction of sp³-hybridized carbons (Fsp3) is 0.400. The molecule has 0 atom stereocenters. The van der Waals surface area contributed by atoms with Crippen LogP contribution in [0.5, 0.6) is 5.75 Å². The second-order valence-corrected chi connectivity index (χ2v) is 3.59. The molecule has 2 nitrogen and oxygen atoms in total. The van der Waals surface area contributed by atoms with Gasteiger partial charge in [0.25, 0.3) is 0 Å². The quantitative estimate of drug-likeness (QED) is 0.591. The van der Waals surface area contributed by atoms with Crippen molar-refractivity contribution in [1.29, 1.82) is 0 Å². The largest absolute Gasteiger partial charge is 0.496 e. The van der Waals surface area contributed by atoms with Crippen LogP contribution in [0.2, 0.25) is 0 Å². The number of methoxy groups -OCH3 is 1. The van der Waals surface area contributed by atoms with E-state index in [9.17, 15) is 18.0 Å². The Hall–Kier alpha value is -1.78. The second-order valence-electron chi connectivity index (χ2n) is 3.59. The van der Waals surface area contributed by atoms with Crippen LogP contribution >= 0.6 is 0 Å². The lowest BCUT2D eigenvalue weighted by molar-refractivity contribution is -0.137. The van der Waals surface area contributed by atoms with Crippen LogP contribution < -0.4 is 4.74 Å². The highest BCUT2D eigenvalue weighted by molar-refractivity contribution is 5.83. The average molecular weight is 288 g/mol. The Bertz CT molecular complexity index is 463. The fourth-order valence-corrected chi connectivity index (χ4v) is 1.62. The Morgan fingerprint density at radius 2 is 1.90 bits per heavy atom. The summed E-state index contributed by atoms with van der Waals surface area (Å²) < 4.78 is 42.9. The van der Waals surface area contributed by atoms with Crippen LogP contribution in [0.4, 0.5) is 13.2 Å². The molecule has 0 unspecified atom stereocenters. The molecule has 0 saturated carbocycles. The van der Waals surface area contributed by atoms with Crippen LogP contribution in [0.1, 0.15) is 38.3 Å². The number of aldehydes is 1. The van der Waals surface area contributed by atoms with Crippen molar-refractivity contribution in [1.82, 2.24) is 0 Å². The third-order valence-electron chi connectivity index (χ3n) is 2.52. The first-order valence-corrected chi connectivity index (χ1v) is 6.34. The molecule has 0 aliphatic carbocycles. The van der Waals surface area contributed by atoms with E-state index in [4.69, 9.17) is 4.74 Å². The number of hydrogen-bond acceptors (Lipinski definition) is 2. The van der Waals surface area contributed by atoms with Crippen LogP contribution in [0, 0.1) is 0 Å². The zero-order chi connectivity index (χ0) is 15.8. The number of hydrogen-bond donors (Lipinski definition) is 0. The monoisotopic (exact) mass is 288 g/mol. The molecule has 0 bridgehead atoms. The van der Waals surface area contributed by atoms with Gasteiger partial charge in [0.1, 0.15) is 12.0 Å². The average Bonchev–Trinajstić information content (AvgIpc) is 2.45. The first-order valence-electron chi connectivity index (χ1n) is 6.34. The van der Waals surface area contributed by atoms with E-state index in [1.165, 1.54) is 19.3 Å². The number of benzene rings is 1. The lowest BCUT2D eigenvalue weighted by Gasteiger charge is -2.14. The van der Waals surface area contributed by atoms with Crippen LogP contribution in [0.25, 0.3) is 5.57 Å². The van der Waals surface area contributed by atoms with E-state index in [0.717, 1.165) is 12.1 Å². The van der Waals surface area contributed by atoms with Crippen molar-refractivity contribution in [3.05, 3.63) is 35.4 Å². The summed E-state index contributed by atoms with van der Waals surface area (Å²) in [6.07, 6.45) is -2.17. The maximum atomic E-state index is 12.6. The molecule has 1 aromatic rings. The molecule has 0 aliphatic heterocycles. The second kappa shape index (κ2) is 8.40. The highest BCUT2D eigenvalue weighted by Crippen LogP contribution is 2.35. The first kappa shape index (κ1) is 18.2. The van der Waals surface area contributed by atoms with Gasteiger partial charge in [0, 0.05) is 5.56 Å². The van der Waals surface area contributed by atoms with Gasteiger partial charge in [-0.15, -0.1) is 0 Å². The number of allylic oxidation sites excluding steroid dienone is 2. The molecule has 0 aliphatic rings. The number of alkyl halides is 3. The Kier molecular flexibility index (Phi) is 7.65. The van der Waals surface area contributed by atoms with Gasteiger partial charge >= 0.3 is 6.18 Å². The zero-order valence-corrected chi connectivity index (χ0v) is 12.0. The van der Waals surface area contributed by atoms with Gasteiger partial charge in [-0.3, -0.25) is 4.79 Å². The number of halogens is 3. The van der Waals surface area contributed by atoms with Crippen molar-refractivity contribution in [2.24, 2.45) is 0 Å². The van der Waals surface area contributed by atoms with E-state index < -0.39 is 11.7 Å². The summed E-state index contributed by atoms with van der Waals surface area (Å²) >= 11 is 0. The number of carbonyl (C=O) groups excluding carboxylic acids is 1. The Balaban J connectivity index is 0.00000172. The van der Waals surface area contributed by atoms with Gasteiger partial charge < -0.3 is 4.74 Å². The van der Waals surface area contributed by atoms with Crippen molar-refractivity contribution < 1.29 is 22.7 Å². The molecule has 0 saturated heterocycles. The van der Waals surface area contributed by atoms with Crippen molar-refractivity contribution in [2.45, 2.75) is 33.4 Å². The summed E-state index contributed by atoms with van der Waals surface area (Å²) in [5, 5.41) is 0. The number of rotatable bonds is 4. The van der Waals surface area contributed by atoms with Gasteiger partial charge in [0.15, 0.2) is 0 Å². The van der Waals surface area contributed by atoms with Gasteiger partial charge in [0.2, 0.25) is 0 Å². The molecule has 0 radical (unpaired) electrons. The van der Waals surface area contributed by atoms with Gasteiger partial charge in [-0.1, -0.05) is 20.8 Å². The minimum atomic E-state index is -4.42. The molecule has 5 heteroatoms. The van der Waals surface area contributed by atoms with Gasteiger partial charge in [0.05, 0.1) is 12.7 Å². The minimum absolute atomic E-state index is 0.293. The van der Waals surface area contributed by atoms with E-state index in [1.807, 2.05) is 13.8 Å². The lowest BCUT2D eigenvalue weighted by atomic mass is 9.99. The van der Waals surface area contributed by atoms with Gasteiger partial charge in [-0.05, 0) is 36.3 Å². The predicted molar refractivity (Wildman–Crippen MR) is 73.7 cm³/mol. The van der Waals surface area contributed by atoms with E-state index in [1.54, 1.807) is 6.92 Å². The minimum Gasteiger partial charge on any atom is -0.496 e.